The van der Waals surface area contributed by atoms with Crippen molar-refractivity contribution in [2.75, 3.05) is 63.3 Å². The smallest absolute Gasteiger partial charge is 0.416 e. The number of benzene rings is 1. The predicted molar refractivity (Wildman–Crippen MR) is 168 cm³/mol. The van der Waals surface area contributed by atoms with Gasteiger partial charge in [-0.3, -0.25) is 9.59 Å². The lowest BCUT2D eigenvalue weighted by atomic mass is 9.69. The van der Waals surface area contributed by atoms with Crippen molar-refractivity contribution in [2.24, 2.45) is 5.41 Å². The van der Waals surface area contributed by atoms with Gasteiger partial charge in [0.1, 0.15) is 22.8 Å². The summed E-state index contributed by atoms with van der Waals surface area (Å²) in [6.07, 6.45) is 1.11. The first-order chi connectivity index (χ1) is 22.8. The van der Waals surface area contributed by atoms with Crippen molar-refractivity contribution in [1.82, 2.24) is 29.8 Å². The Bertz CT molecular complexity index is 1830. The fraction of sp³-hybridized carbons (Fsp3) is 0.438. The first kappa shape index (κ1) is 33.1. The molecule has 0 unspecified atom stereocenters. The third kappa shape index (κ3) is 6.88. The Balaban J connectivity index is 1.32. The molecule has 0 spiro atoms. The van der Waals surface area contributed by atoms with Crippen molar-refractivity contribution in [3.05, 3.63) is 48.0 Å². The van der Waals surface area contributed by atoms with Gasteiger partial charge >= 0.3 is 12.1 Å². The minimum Gasteiger partial charge on any atom is -0.481 e. The monoisotopic (exact) mass is 670 g/mol. The number of aromatic amines is 1. The Hall–Kier alpha value is -4.86. The number of carboxylic acids is 1. The molecule has 254 valence electrons. The maximum Gasteiger partial charge on any atom is 0.416 e. The van der Waals surface area contributed by atoms with E-state index in [0.717, 1.165) is 31.4 Å². The second-order valence-electron chi connectivity index (χ2n) is 12.4. The van der Waals surface area contributed by atoms with Crippen LogP contribution < -0.4 is 9.80 Å². The standard InChI is InChI=1S/C32H34F4N8O4/c1-42(17-31(18-48-2)5-3-6-31)24-13-22(19-10-20(32(34,35)36)12-21(33)11-19)39-30-28(24)40-29(41-30)23-14-38-25(15-37-23)44-9-8-43(26(45)16-44)7-4-27(46)47/h10-15H,3-9,16-18H2,1-2H3,(H,46,47)(H,39,40,41). The summed E-state index contributed by atoms with van der Waals surface area (Å²) in [4.78, 5) is 50.1. The molecule has 3 aromatic heterocycles. The summed E-state index contributed by atoms with van der Waals surface area (Å²) in [7, 11) is 3.53. The van der Waals surface area contributed by atoms with Gasteiger partial charge in [0.2, 0.25) is 5.91 Å². The number of hydrogen-bond donors (Lipinski definition) is 2. The van der Waals surface area contributed by atoms with Crippen LogP contribution in [0.1, 0.15) is 31.2 Å². The van der Waals surface area contributed by atoms with E-state index >= 15 is 0 Å². The molecule has 1 aromatic carbocycles. The first-order valence-corrected chi connectivity index (χ1v) is 15.4. The van der Waals surface area contributed by atoms with Gasteiger partial charge in [-0.25, -0.2) is 24.3 Å². The molecule has 0 bridgehead atoms. The van der Waals surface area contributed by atoms with Crippen LogP contribution in [0, 0.1) is 11.2 Å². The average molecular weight is 671 g/mol. The van der Waals surface area contributed by atoms with Crippen LogP contribution in [0.4, 0.5) is 29.1 Å². The van der Waals surface area contributed by atoms with Crippen LogP contribution in [-0.2, 0) is 20.5 Å². The van der Waals surface area contributed by atoms with Gasteiger partial charge in [0.05, 0.1) is 48.9 Å². The number of amides is 1. The van der Waals surface area contributed by atoms with Crippen LogP contribution >= 0.6 is 0 Å². The SMILES string of the molecule is COCC1(CN(C)c2cc(-c3cc(F)cc(C(F)(F)F)c3)nc3nc(-c4cnc(N5CCN(CCC(=O)O)C(=O)C5)cn4)[nH]c23)CCC1. The minimum absolute atomic E-state index is 0.0291. The van der Waals surface area contributed by atoms with Crippen molar-refractivity contribution in [1.29, 1.82) is 0 Å². The quantitative estimate of drug-likeness (QED) is 0.217. The van der Waals surface area contributed by atoms with Crippen molar-refractivity contribution < 1.29 is 37.0 Å². The Morgan fingerprint density at radius 2 is 1.90 bits per heavy atom. The van der Waals surface area contributed by atoms with Crippen molar-refractivity contribution in [3.63, 3.8) is 0 Å². The van der Waals surface area contributed by atoms with Crippen LogP contribution in [0.25, 0.3) is 33.9 Å². The van der Waals surface area contributed by atoms with Gasteiger partial charge in [-0.1, -0.05) is 6.42 Å². The fourth-order valence-corrected chi connectivity index (χ4v) is 6.34. The number of pyridine rings is 1. The number of anilines is 2. The summed E-state index contributed by atoms with van der Waals surface area (Å²) in [5.74, 6) is -1.45. The lowest BCUT2D eigenvalue weighted by Gasteiger charge is -2.44. The van der Waals surface area contributed by atoms with Crippen molar-refractivity contribution in [2.45, 2.75) is 31.9 Å². The maximum atomic E-state index is 14.4. The Kier molecular flexibility index (Phi) is 8.94. The fourth-order valence-electron chi connectivity index (χ4n) is 6.34. The number of rotatable bonds is 11. The van der Waals surface area contributed by atoms with Gasteiger partial charge in [-0.2, -0.15) is 13.2 Å². The Labute approximate surface area is 272 Å². The number of aromatic nitrogens is 5. The van der Waals surface area contributed by atoms with E-state index in [1.165, 1.54) is 17.3 Å². The molecule has 6 rings (SSSR count). The Morgan fingerprint density at radius 1 is 1.10 bits per heavy atom. The van der Waals surface area contributed by atoms with Crippen LogP contribution in [0.2, 0.25) is 0 Å². The number of alkyl halides is 3. The number of carbonyl (C=O) groups excluding carboxylic acids is 1. The van der Waals surface area contributed by atoms with Crippen LogP contribution in [0.5, 0.6) is 0 Å². The molecule has 2 aliphatic rings. The molecule has 0 radical (unpaired) electrons. The van der Waals surface area contributed by atoms with Crippen LogP contribution in [-0.4, -0.2) is 100 Å². The van der Waals surface area contributed by atoms with Crippen LogP contribution in [0.3, 0.4) is 0 Å². The van der Waals surface area contributed by atoms with E-state index in [4.69, 9.17) is 9.84 Å². The molecule has 0 atom stereocenters. The molecule has 2 fully saturated rings. The Morgan fingerprint density at radius 3 is 2.52 bits per heavy atom. The number of carboxylic acid groups (broad SMARTS) is 1. The summed E-state index contributed by atoms with van der Waals surface area (Å²) in [6, 6.07) is 3.96. The van der Waals surface area contributed by atoms with E-state index in [1.54, 1.807) is 18.1 Å². The summed E-state index contributed by atoms with van der Waals surface area (Å²) in [6.45, 7) is 2.12. The molecule has 1 saturated carbocycles. The molecular weight excluding hydrogens is 636 g/mol. The molecule has 48 heavy (non-hydrogen) atoms. The van der Waals surface area contributed by atoms with E-state index < -0.39 is 23.5 Å². The highest BCUT2D eigenvalue weighted by Gasteiger charge is 2.39. The third-order valence-electron chi connectivity index (χ3n) is 8.93. The minimum atomic E-state index is -4.75. The molecule has 1 saturated heterocycles. The topological polar surface area (TPSA) is 141 Å². The zero-order valence-electron chi connectivity index (χ0n) is 26.3. The second-order valence-corrected chi connectivity index (χ2v) is 12.4. The van der Waals surface area contributed by atoms with Gasteiger partial charge in [0.25, 0.3) is 0 Å². The molecule has 2 N–H and O–H groups in total. The van der Waals surface area contributed by atoms with Gasteiger partial charge in [0.15, 0.2) is 11.5 Å². The highest BCUT2D eigenvalue weighted by atomic mass is 19.4. The molecule has 4 heterocycles. The number of carbonyl (C=O) groups is 2. The highest BCUT2D eigenvalue weighted by Crippen LogP contribution is 2.43. The van der Waals surface area contributed by atoms with E-state index in [0.29, 0.717) is 60.8 Å². The number of hydrogen-bond acceptors (Lipinski definition) is 9. The molecule has 4 aromatic rings. The number of nitrogens with zero attached hydrogens (tertiary/aromatic N) is 7. The summed E-state index contributed by atoms with van der Waals surface area (Å²) in [5, 5.41) is 8.92. The summed E-state index contributed by atoms with van der Waals surface area (Å²) >= 11 is 0. The summed E-state index contributed by atoms with van der Waals surface area (Å²) < 4.78 is 60.7. The number of ether oxygens (including phenoxy) is 1. The number of aliphatic carboxylic acids is 1. The predicted octanol–water partition coefficient (Wildman–Crippen LogP) is 4.62. The van der Waals surface area contributed by atoms with Gasteiger partial charge < -0.3 is 29.5 Å². The molecular formula is C32H34F4N8O4. The van der Waals surface area contributed by atoms with E-state index in [-0.39, 0.29) is 47.7 Å². The number of fused-ring (bicyclic) bond motifs is 1. The number of nitrogens with one attached hydrogen (secondary N) is 1. The highest BCUT2D eigenvalue weighted by molar-refractivity contribution is 5.91. The molecule has 12 nitrogen and oxygen atoms in total. The first-order valence-electron chi connectivity index (χ1n) is 15.4. The summed E-state index contributed by atoms with van der Waals surface area (Å²) in [5.41, 5.74) is 0.556. The van der Waals surface area contributed by atoms with Crippen molar-refractivity contribution >= 4 is 34.5 Å². The number of methoxy groups -OCH3 is 1. The van der Waals surface area contributed by atoms with E-state index in [1.807, 2.05) is 11.9 Å². The average Bonchev–Trinajstić information content (AvgIpc) is 3.46. The van der Waals surface area contributed by atoms with E-state index in [9.17, 15) is 27.2 Å². The lowest BCUT2D eigenvalue weighted by Crippen LogP contribution is -2.51. The van der Waals surface area contributed by atoms with Gasteiger partial charge in [-0.05, 0) is 37.1 Å². The maximum absolute atomic E-state index is 14.4. The second kappa shape index (κ2) is 13.0. The molecule has 16 heteroatoms. The molecule has 1 amide bonds. The van der Waals surface area contributed by atoms with Gasteiger partial charge in [-0.15, -0.1) is 0 Å². The van der Waals surface area contributed by atoms with E-state index in [2.05, 4.69) is 24.9 Å². The lowest BCUT2D eigenvalue weighted by molar-refractivity contribution is -0.139. The molecule has 1 aliphatic carbocycles. The van der Waals surface area contributed by atoms with Crippen molar-refractivity contribution in [3.8, 4) is 22.8 Å². The largest absolute Gasteiger partial charge is 0.481 e. The zero-order chi connectivity index (χ0) is 34.2. The molecule has 1 aliphatic heterocycles. The normalized spacial score (nSPS) is 16.3. The number of halogens is 4. The zero-order valence-corrected chi connectivity index (χ0v) is 26.3. The number of imidazole rings is 1. The number of piperazine rings is 1. The van der Waals surface area contributed by atoms with Crippen LogP contribution in [0.15, 0.2) is 36.7 Å². The van der Waals surface area contributed by atoms with Gasteiger partial charge in [0, 0.05) is 51.3 Å². The third-order valence-corrected chi connectivity index (χ3v) is 8.93. The number of H-pyrrole nitrogens is 1.